The van der Waals surface area contributed by atoms with Crippen molar-refractivity contribution in [2.45, 2.75) is 6.92 Å². The van der Waals surface area contributed by atoms with E-state index in [0.717, 1.165) is 6.20 Å². The lowest BCUT2D eigenvalue weighted by Gasteiger charge is -2.08. The number of rotatable bonds is 4. The van der Waals surface area contributed by atoms with Gasteiger partial charge in [-0.1, -0.05) is 12.1 Å². The van der Waals surface area contributed by atoms with Crippen molar-refractivity contribution in [2.24, 2.45) is 0 Å². The van der Waals surface area contributed by atoms with Crippen molar-refractivity contribution in [1.29, 1.82) is 0 Å². The van der Waals surface area contributed by atoms with Gasteiger partial charge in [0.25, 0.3) is 5.69 Å². The molecule has 1 heterocycles. The lowest BCUT2D eigenvalue weighted by Crippen LogP contribution is -1.98. The second-order valence-electron chi connectivity index (χ2n) is 4.02. The van der Waals surface area contributed by atoms with E-state index in [1.165, 1.54) is 12.1 Å². The molecular weight excluding hydrogens is 346 g/mol. The molecule has 2 rings (SSSR count). The molecule has 0 fully saturated rings. The van der Waals surface area contributed by atoms with Crippen LogP contribution in [0.1, 0.15) is 5.56 Å². The van der Waals surface area contributed by atoms with Crippen LogP contribution in [-0.2, 0) is 0 Å². The molecule has 2 aromatic rings. The fourth-order valence-electron chi connectivity index (χ4n) is 1.64. The van der Waals surface area contributed by atoms with Crippen LogP contribution >= 0.6 is 15.9 Å². The summed E-state index contributed by atoms with van der Waals surface area (Å²) >= 11 is 3.09. The van der Waals surface area contributed by atoms with E-state index < -0.39 is 9.85 Å². The number of aryl methyl sites for hydroxylation is 1. The second-order valence-corrected chi connectivity index (χ2v) is 4.87. The van der Waals surface area contributed by atoms with Crippen LogP contribution in [0.15, 0.2) is 34.9 Å². The van der Waals surface area contributed by atoms with Crippen LogP contribution < -0.4 is 4.74 Å². The monoisotopic (exact) mass is 353 g/mol. The fourth-order valence-corrected chi connectivity index (χ4v) is 2.06. The summed E-state index contributed by atoms with van der Waals surface area (Å²) in [5.41, 5.74) is 0.0491. The van der Waals surface area contributed by atoms with Gasteiger partial charge in [0.05, 0.1) is 14.3 Å². The van der Waals surface area contributed by atoms with Gasteiger partial charge in [0.15, 0.2) is 0 Å². The Hall–Kier alpha value is -2.55. The molecule has 0 atom stereocenters. The molecule has 0 saturated heterocycles. The Morgan fingerprint density at radius 1 is 1.24 bits per heavy atom. The number of hydrogen-bond acceptors (Lipinski definition) is 6. The molecule has 21 heavy (non-hydrogen) atoms. The first kappa shape index (κ1) is 14.9. The van der Waals surface area contributed by atoms with Crippen LogP contribution in [0.2, 0.25) is 0 Å². The molecule has 0 spiro atoms. The Bertz CT molecular complexity index is 735. The predicted molar refractivity (Wildman–Crippen MR) is 76.5 cm³/mol. The highest BCUT2D eigenvalue weighted by molar-refractivity contribution is 9.10. The lowest BCUT2D eigenvalue weighted by atomic mass is 10.2. The highest BCUT2D eigenvalue weighted by Crippen LogP contribution is 2.36. The maximum Gasteiger partial charge on any atom is 0.314 e. The summed E-state index contributed by atoms with van der Waals surface area (Å²) in [7, 11) is 0. The number of nitro groups is 2. The normalized spacial score (nSPS) is 10.2. The van der Waals surface area contributed by atoms with E-state index in [-0.39, 0.29) is 27.5 Å². The molecule has 108 valence electrons. The second kappa shape index (κ2) is 5.83. The lowest BCUT2D eigenvalue weighted by molar-refractivity contribution is -0.386. The van der Waals surface area contributed by atoms with Crippen LogP contribution in [0.25, 0.3) is 0 Å². The number of para-hydroxylation sites is 1. The average molecular weight is 354 g/mol. The Labute approximate surface area is 126 Å². The summed E-state index contributed by atoms with van der Waals surface area (Å²) in [6, 6.07) is 5.84. The first-order valence-electron chi connectivity index (χ1n) is 5.62. The first-order chi connectivity index (χ1) is 9.90. The number of nitro benzene ring substituents is 1. The maximum absolute atomic E-state index is 11.1. The third kappa shape index (κ3) is 3.14. The predicted octanol–water partition coefficient (Wildman–Crippen LogP) is 3.76. The number of ether oxygens (including phenoxy) is 1. The molecule has 0 aliphatic heterocycles. The molecule has 0 N–H and O–H groups in total. The van der Waals surface area contributed by atoms with Crippen LogP contribution in [0, 0.1) is 27.2 Å². The fraction of sp³-hybridized carbons (Fsp3) is 0.0833. The largest absolute Gasteiger partial charge is 0.431 e. The first-order valence-corrected chi connectivity index (χ1v) is 6.41. The van der Waals surface area contributed by atoms with Gasteiger partial charge >= 0.3 is 5.69 Å². The van der Waals surface area contributed by atoms with Gasteiger partial charge < -0.3 is 4.74 Å². The molecule has 1 aromatic heterocycles. The van der Waals surface area contributed by atoms with Crippen LogP contribution in [0.5, 0.6) is 11.6 Å². The molecule has 0 radical (unpaired) electrons. The smallest absolute Gasteiger partial charge is 0.314 e. The van der Waals surface area contributed by atoms with E-state index in [0.29, 0.717) is 5.56 Å². The molecule has 0 aliphatic rings. The van der Waals surface area contributed by atoms with Crippen molar-refractivity contribution in [2.75, 3.05) is 0 Å². The molecule has 0 amide bonds. The van der Waals surface area contributed by atoms with E-state index in [1.807, 2.05) is 0 Å². The molecule has 8 nitrogen and oxygen atoms in total. The third-order valence-electron chi connectivity index (χ3n) is 2.59. The van der Waals surface area contributed by atoms with Crippen molar-refractivity contribution in [1.82, 2.24) is 4.98 Å². The Morgan fingerprint density at radius 3 is 2.52 bits per heavy atom. The minimum atomic E-state index is -0.601. The van der Waals surface area contributed by atoms with Gasteiger partial charge in [0.2, 0.25) is 11.6 Å². The van der Waals surface area contributed by atoms with Gasteiger partial charge in [0, 0.05) is 11.6 Å². The Morgan fingerprint density at radius 2 is 1.95 bits per heavy atom. The summed E-state index contributed by atoms with van der Waals surface area (Å²) in [4.78, 5) is 24.3. The molecule has 0 aliphatic carbocycles. The Balaban J connectivity index is 2.42. The van der Waals surface area contributed by atoms with Gasteiger partial charge in [-0.3, -0.25) is 20.2 Å². The quantitative estimate of drug-likeness (QED) is 0.611. The number of nitrogens with zero attached hydrogens (tertiary/aromatic N) is 3. The average Bonchev–Trinajstić information content (AvgIpc) is 2.40. The van der Waals surface area contributed by atoms with Crippen molar-refractivity contribution in [3.05, 3.63) is 60.7 Å². The van der Waals surface area contributed by atoms with Crippen LogP contribution in [-0.4, -0.2) is 14.8 Å². The van der Waals surface area contributed by atoms with E-state index in [1.54, 1.807) is 19.1 Å². The number of halogens is 1. The number of pyridine rings is 1. The molecule has 1 aromatic carbocycles. The van der Waals surface area contributed by atoms with Crippen LogP contribution in [0.4, 0.5) is 11.4 Å². The number of benzene rings is 1. The summed E-state index contributed by atoms with van der Waals surface area (Å²) in [6.45, 7) is 1.59. The topological polar surface area (TPSA) is 108 Å². The summed E-state index contributed by atoms with van der Waals surface area (Å²) in [5.74, 6) is 0.0244. The standard InChI is InChI=1S/C12H8BrN3O5/c1-7-3-2-4-10(11(7)16(19)20)21-12-9(13)5-8(6-14-12)15(17)18/h2-6H,1H3. The minimum absolute atomic E-state index is 0.00861. The highest BCUT2D eigenvalue weighted by Gasteiger charge is 2.21. The van der Waals surface area contributed by atoms with Gasteiger partial charge in [-0.05, 0) is 28.9 Å². The molecule has 0 unspecified atom stereocenters. The molecule has 0 bridgehead atoms. The Kier molecular flexibility index (Phi) is 4.13. The van der Waals surface area contributed by atoms with Crippen molar-refractivity contribution >= 4 is 27.3 Å². The van der Waals surface area contributed by atoms with Gasteiger partial charge in [-0.25, -0.2) is 4.98 Å². The van der Waals surface area contributed by atoms with Crippen LogP contribution in [0.3, 0.4) is 0 Å². The number of hydrogen-bond donors (Lipinski definition) is 0. The summed E-state index contributed by atoms with van der Waals surface area (Å²) in [5, 5.41) is 21.7. The van der Waals surface area contributed by atoms with Crippen molar-refractivity contribution in [3.63, 3.8) is 0 Å². The zero-order valence-electron chi connectivity index (χ0n) is 10.6. The maximum atomic E-state index is 11.1. The van der Waals surface area contributed by atoms with Gasteiger partial charge in [0.1, 0.15) is 6.20 Å². The minimum Gasteiger partial charge on any atom is -0.431 e. The third-order valence-corrected chi connectivity index (χ3v) is 3.16. The van der Waals surface area contributed by atoms with Gasteiger partial charge in [-0.15, -0.1) is 0 Å². The number of aromatic nitrogens is 1. The van der Waals surface area contributed by atoms with Gasteiger partial charge in [-0.2, -0.15) is 0 Å². The zero-order chi connectivity index (χ0) is 15.6. The molecule has 0 saturated carbocycles. The van der Waals surface area contributed by atoms with E-state index in [9.17, 15) is 20.2 Å². The molecule has 9 heteroatoms. The summed E-state index contributed by atoms with van der Waals surface area (Å²) < 4.78 is 5.62. The van der Waals surface area contributed by atoms with Crippen molar-refractivity contribution < 1.29 is 14.6 Å². The summed E-state index contributed by atoms with van der Waals surface area (Å²) in [6.07, 6.45) is 1.02. The van der Waals surface area contributed by atoms with E-state index in [2.05, 4.69) is 20.9 Å². The highest BCUT2D eigenvalue weighted by atomic mass is 79.9. The van der Waals surface area contributed by atoms with E-state index in [4.69, 9.17) is 4.74 Å². The molecular formula is C12H8BrN3O5. The SMILES string of the molecule is Cc1cccc(Oc2ncc([N+](=O)[O-])cc2Br)c1[N+](=O)[O-]. The van der Waals surface area contributed by atoms with E-state index >= 15 is 0 Å². The van der Waals surface area contributed by atoms with Crippen molar-refractivity contribution in [3.8, 4) is 11.6 Å². The zero-order valence-corrected chi connectivity index (χ0v) is 12.2.